The van der Waals surface area contributed by atoms with Crippen molar-refractivity contribution in [3.05, 3.63) is 41.6 Å². The van der Waals surface area contributed by atoms with E-state index in [1.165, 1.54) is 19.3 Å². The minimum absolute atomic E-state index is 0.00301. The molecule has 0 spiro atoms. The second-order valence-corrected chi connectivity index (χ2v) is 10.8. The van der Waals surface area contributed by atoms with Crippen LogP contribution >= 0.6 is 0 Å². The summed E-state index contributed by atoms with van der Waals surface area (Å²) in [5, 5.41) is 3.19. The zero-order valence-corrected chi connectivity index (χ0v) is 20.8. The van der Waals surface area contributed by atoms with Crippen molar-refractivity contribution in [1.29, 1.82) is 0 Å². The van der Waals surface area contributed by atoms with Crippen molar-refractivity contribution in [2.75, 3.05) is 11.9 Å². The third-order valence-corrected chi connectivity index (χ3v) is 8.30. The third kappa shape index (κ3) is 5.39. The molecule has 1 heterocycles. The van der Waals surface area contributed by atoms with Gasteiger partial charge in [-0.1, -0.05) is 51.3 Å². The van der Waals surface area contributed by atoms with E-state index in [9.17, 15) is 14.0 Å². The Balaban J connectivity index is 1.76. The maximum absolute atomic E-state index is 14.1. The molecule has 1 amide bonds. The van der Waals surface area contributed by atoms with Gasteiger partial charge in [-0.3, -0.25) is 4.79 Å². The largest absolute Gasteiger partial charge is 0.370 e. The summed E-state index contributed by atoms with van der Waals surface area (Å²) in [6, 6.07) is 9.88. The van der Waals surface area contributed by atoms with Crippen LogP contribution in [-0.2, 0) is 9.59 Å². The molecule has 2 unspecified atom stereocenters. The standard InChI is InChI=1S/C29H41FN2O2/c1-20(2)27-26(29(34)31-24-12-7-4-8-13-24)25(21-10-5-3-6-11-21)28(32(27)18-9-19-33)22-14-16-23(30)17-15-22/h4,7-8,12-13,19-23,25,28H,3,5-6,9-11,14-18H2,1-2H3,(H,31,34). The molecule has 1 aromatic rings. The first-order valence-electron chi connectivity index (χ1n) is 13.5. The summed E-state index contributed by atoms with van der Waals surface area (Å²) in [5.41, 5.74) is 2.86. The molecule has 5 heteroatoms. The first-order valence-corrected chi connectivity index (χ1v) is 13.5. The summed E-state index contributed by atoms with van der Waals surface area (Å²) in [7, 11) is 0. The molecule has 0 saturated heterocycles. The Bertz CT molecular complexity index is 854. The van der Waals surface area contributed by atoms with Gasteiger partial charge in [0.25, 0.3) is 5.91 Å². The van der Waals surface area contributed by atoms with E-state index in [4.69, 9.17) is 0 Å². The normalized spacial score (nSPS) is 28.4. The molecule has 2 saturated carbocycles. The molecule has 4 rings (SSSR count). The molecule has 2 atom stereocenters. The van der Waals surface area contributed by atoms with Crippen molar-refractivity contribution in [3.63, 3.8) is 0 Å². The summed E-state index contributed by atoms with van der Waals surface area (Å²) in [6.07, 6.45) is 9.69. The fourth-order valence-corrected chi connectivity index (χ4v) is 6.92. The number of hydrogen-bond donors (Lipinski definition) is 1. The van der Waals surface area contributed by atoms with Gasteiger partial charge in [0.05, 0.1) is 0 Å². The van der Waals surface area contributed by atoms with Crippen molar-refractivity contribution in [1.82, 2.24) is 4.90 Å². The molecule has 0 aromatic heterocycles. The van der Waals surface area contributed by atoms with E-state index in [0.29, 0.717) is 37.6 Å². The van der Waals surface area contributed by atoms with Gasteiger partial charge >= 0.3 is 0 Å². The highest BCUT2D eigenvalue weighted by molar-refractivity contribution is 6.05. The van der Waals surface area contributed by atoms with Crippen LogP contribution in [0, 0.1) is 23.7 Å². The number of para-hydroxylation sites is 1. The second kappa shape index (κ2) is 11.5. The zero-order chi connectivity index (χ0) is 24.1. The number of amides is 1. The van der Waals surface area contributed by atoms with Gasteiger partial charge in [-0.25, -0.2) is 4.39 Å². The Morgan fingerprint density at radius 1 is 1.03 bits per heavy atom. The Morgan fingerprint density at radius 2 is 1.71 bits per heavy atom. The number of hydrogen-bond acceptors (Lipinski definition) is 3. The number of allylic oxidation sites excluding steroid dienone is 1. The van der Waals surface area contributed by atoms with Crippen molar-refractivity contribution in [2.24, 2.45) is 23.7 Å². The molecule has 3 aliphatic rings. The summed E-state index contributed by atoms with van der Waals surface area (Å²) in [4.78, 5) is 27.8. The van der Waals surface area contributed by atoms with Crippen molar-refractivity contribution < 1.29 is 14.0 Å². The number of carbonyl (C=O) groups is 2. The van der Waals surface area contributed by atoms with Crippen molar-refractivity contribution in [3.8, 4) is 0 Å². The van der Waals surface area contributed by atoms with Gasteiger partial charge in [0.15, 0.2) is 0 Å². The molecular weight excluding hydrogens is 427 g/mol. The molecule has 1 aromatic carbocycles. The molecule has 0 bridgehead atoms. The number of alkyl halides is 1. The average molecular weight is 469 g/mol. The first-order chi connectivity index (χ1) is 16.5. The fourth-order valence-electron chi connectivity index (χ4n) is 6.92. The Labute approximate surface area is 204 Å². The number of nitrogens with zero attached hydrogens (tertiary/aromatic N) is 1. The number of aldehydes is 1. The lowest BCUT2D eigenvalue weighted by molar-refractivity contribution is -0.113. The maximum Gasteiger partial charge on any atom is 0.253 e. The second-order valence-electron chi connectivity index (χ2n) is 10.8. The smallest absolute Gasteiger partial charge is 0.253 e. The molecule has 1 N–H and O–H groups in total. The van der Waals surface area contributed by atoms with E-state index in [2.05, 4.69) is 24.1 Å². The molecule has 2 fully saturated rings. The van der Waals surface area contributed by atoms with Crippen LogP contribution in [0.4, 0.5) is 10.1 Å². The third-order valence-electron chi connectivity index (χ3n) is 8.30. The van der Waals surface area contributed by atoms with Gasteiger partial charge in [-0.2, -0.15) is 0 Å². The van der Waals surface area contributed by atoms with Gasteiger partial charge in [0.2, 0.25) is 0 Å². The Morgan fingerprint density at radius 3 is 2.32 bits per heavy atom. The SMILES string of the molecule is CC(C)C1=C(C(=O)Nc2ccccc2)C(C2CCCCC2)C(C2CCC(F)CC2)N1CCC=O. The monoisotopic (exact) mass is 468 g/mol. The van der Waals surface area contributed by atoms with Gasteiger partial charge in [0.1, 0.15) is 12.5 Å². The maximum atomic E-state index is 14.1. The predicted molar refractivity (Wildman–Crippen MR) is 135 cm³/mol. The van der Waals surface area contributed by atoms with Crippen LogP contribution in [0.1, 0.15) is 78.1 Å². The van der Waals surface area contributed by atoms with E-state index in [-0.39, 0.29) is 23.8 Å². The highest BCUT2D eigenvalue weighted by Crippen LogP contribution is 2.50. The van der Waals surface area contributed by atoms with Crippen LogP contribution in [0.5, 0.6) is 0 Å². The highest BCUT2D eigenvalue weighted by atomic mass is 19.1. The summed E-state index contributed by atoms with van der Waals surface area (Å²) in [5.74, 6) is 1.16. The van der Waals surface area contributed by atoms with E-state index in [1.54, 1.807) is 0 Å². The Hall–Kier alpha value is -2.17. The van der Waals surface area contributed by atoms with Crippen LogP contribution in [-0.4, -0.2) is 35.9 Å². The van der Waals surface area contributed by atoms with Crippen molar-refractivity contribution in [2.45, 2.75) is 90.3 Å². The van der Waals surface area contributed by atoms with Crippen LogP contribution in [0.2, 0.25) is 0 Å². The van der Waals surface area contributed by atoms with E-state index in [0.717, 1.165) is 48.9 Å². The van der Waals surface area contributed by atoms with Gasteiger partial charge in [-0.05, 0) is 68.4 Å². The minimum atomic E-state index is -0.701. The average Bonchev–Trinajstić information content (AvgIpc) is 3.20. The van der Waals surface area contributed by atoms with Gasteiger partial charge in [0, 0.05) is 41.9 Å². The highest BCUT2D eigenvalue weighted by Gasteiger charge is 2.50. The number of anilines is 1. The predicted octanol–water partition coefficient (Wildman–Crippen LogP) is 6.53. The zero-order valence-electron chi connectivity index (χ0n) is 20.8. The van der Waals surface area contributed by atoms with E-state index >= 15 is 0 Å². The first kappa shape index (κ1) is 24.9. The molecule has 1 aliphatic heterocycles. The van der Waals surface area contributed by atoms with Gasteiger partial charge < -0.3 is 15.0 Å². The van der Waals surface area contributed by atoms with Crippen molar-refractivity contribution >= 4 is 17.9 Å². The van der Waals surface area contributed by atoms with Crippen LogP contribution < -0.4 is 5.32 Å². The number of carbonyl (C=O) groups excluding carboxylic acids is 2. The fraction of sp³-hybridized carbons (Fsp3) is 0.655. The number of benzene rings is 1. The van der Waals surface area contributed by atoms with Crippen LogP contribution in [0.15, 0.2) is 41.6 Å². The lowest BCUT2D eigenvalue weighted by Crippen LogP contribution is -2.45. The number of halogens is 1. The van der Waals surface area contributed by atoms with Crippen LogP contribution in [0.3, 0.4) is 0 Å². The molecule has 186 valence electrons. The summed E-state index contributed by atoms with van der Waals surface area (Å²) < 4.78 is 14.1. The minimum Gasteiger partial charge on any atom is -0.370 e. The molecule has 34 heavy (non-hydrogen) atoms. The lowest BCUT2D eigenvalue weighted by Gasteiger charge is -2.43. The summed E-state index contributed by atoms with van der Waals surface area (Å²) in [6.45, 7) is 4.97. The molecule has 0 radical (unpaired) electrons. The quantitative estimate of drug-likeness (QED) is 0.441. The molecule has 4 nitrogen and oxygen atoms in total. The topological polar surface area (TPSA) is 49.4 Å². The number of nitrogens with one attached hydrogen (secondary N) is 1. The van der Waals surface area contributed by atoms with E-state index in [1.807, 2.05) is 30.3 Å². The molecular formula is C29H41FN2O2. The molecule has 2 aliphatic carbocycles. The lowest BCUT2D eigenvalue weighted by atomic mass is 9.68. The van der Waals surface area contributed by atoms with Crippen LogP contribution in [0.25, 0.3) is 0 Å². The number of rotatable bonds is 8. The Kier molecular flexibility index (Phi) is 8.44. The van der Waals surface area contributed by atoms with Gasteiger partial charge in [-0.15, -0.1) is 0 Å². The van der Waals surface area contributed by atoms with E-state index < -0.39 is 6.17 Å². The summed E-state index contributed by atoms with van der Waals surface area (Å²) >= 11 is 0.